The van der Waals surface area contributed by atoms with Gasteiger partial charge in [-0.15, -0.1) is 0 Å². The minimum Gasteiger partial charge on any atom is -0.496 e. The molecule has 0 saturated carbocycles. The third kappa shape index (κ3) is 3.36. The van der Waals surface area contributed by atoms with Crippen LogP contribution in [0.3, 0.4) is 0 Å². The van der Waals surface area contributed by atoms with E-state index in [2.05, 4.69) is 5.32 Å². The van der Waals surface area contributed by atoms with E-state index >= 15 is 0 Å². The highest BCUT2D eigenvalue weighted by Gasteiger charge is 2.19. The van der Waals surface area contributed by atoms with Crippen LogP contribution < -0.4 is 15.8 Å². The Balaban J connectivity index is 1.99. The summed E-state index contributed by atoms with van der Waals surface area (Å²) in [6.45, 7) is 2.03. The maximum atomic E-state index is 12.1. The fourth-order valence-corrected chi connectivity index (χ4v) is 1.91. The number of methoxy groups -OCH3 is 1. The summed E-state index contributed by atoms with van der Waals surface area (Å²) >= 11 is 0. The van der Waals surface area contributed by atoms with Crippen LogP contribution in [-0.2, 0) is 9.47 Å². The molecular formula is C13H18N2O4. The van der Waals surface area contributed by atoms with Crippen molar-refractivity contribution < 1.29 is 19.0 Å². The number of carbonyl (C=O) groups is 1. The van der Waals surface area contributed by atoms with Crippen molar-refractivity contribution in [3.05, 3.63) is 23.8 Å². The summed E-state index contributed by atoms with van der Waals surface area (Å²) < 4.78 is 15.9. The molecule has 0 aromatic heterocycles. The second-order valence-electron chi connectivity index (χ2n) is 4.20. The molecule has 19 heavy (non-hydrogen) atoms. The number of carbonyl (C=O) groups excluding carboxylic acids is 1. The van der Waals surface area contributed by atoms with Gasteiger partial charge >= 0.3 is 0 Å². The van der Waals surface area contributed by atoms with Crippen molar-refractivity contribution >= 4 is 11.6 Å². The van der Waals surface area contributed by atoms with E-state index in [4.69, 9.17) is 19.9 Å². The van der Waals surface area contributed by atoms with Gasteiger partial charge in [0, 0.05) is 12.2 Å². The smallest absolute Gasteiger partial charge is 0.257 e. The number of hydrogen-bond acceptors (Lipinski definition) is 5. The van der Waals surface area contributed by atoms with Crippen molar-refractivity contribution in [3.8, 4) is 5.75 Å². The first-order chi connectivity index (χ1) is 9.22. The van der Waals surface area contributed by atoms with Gasteiger partial charge in [-0.05, 0) is 12.1 Å². The summed E-state index contributed by atoms with van der Waals surface area (Å²) in [4.78, 5) is 12.1. The first kappa shape index (κ1) is 13.6. The molecule has 0 radical (unpaired) electrons. The predicted molar refractivity (Wildman–Crippen MR) is 70.3 cm³/mol. The first-order valence-corrected chi connectivity index (χ1v) is 6.12. The van der Waals surface area contributed by atoms with Gasteiger partial charge in [0.25, 0.3) is 5.91 Å². The molecule has 1 aromatic rings. The maximum absolute atomic E-state index is 12.1. The predicted octanol–water partition coefficient (Wildman–Crippen LogP) is 0.423. The molecular weight excluding hydrogens is 248 g/mol. The van der Waals surface area contributed by atoms with Crippen LogP contribution in [0.15, 0.2) is 18.2 Å². The summed E-state index contributed by atoms with van der Waals surface area (Å²) in [6.07, 6.45) is -0.117. The molecule has 6 nitrogen and oxygen atoms in total. The number of amides is 1. The summed E-state index contributed by atoms with van der Waals surface area (Å²) in [5.41, 5.74) is 6.55. The average molecular weight is 266 g/mol. The van der Waals surface area contributed by atoms with Gasteiger partial charge in [-0.2, -0.15) is 0 Å². The van der Waals surface area contributed by atoms with Crippen LogP contribution in [0, 0.1) is 0 Å². The Morgan fingerprint density at radius 1 is 1.53 bits per heavy atom. The molecule has 6 heteroatoms. The Morgan fingerprint density at radius 2 is 2.37 bits per heavy atom. The van der Waals surface area contributed by atoms with Gasteiger partial charge in [-0.25, -0.2) is 0 Å². The fourth-order valence-electron chi connectivity index (χ4n) is 1.91. The normalized spacial score (nSPS) is 18.9. The molecule has 1 aliphatic rings. The van der Waals surface area contributed by atoms with Crippen molar-refractivity contribution in [1.82, 2.24) is 5.32 Å². The second kappa shape index (κ2) is 6.40. The molecule has 1 aromatic carbocycles. The molecule has 3 N–H and O–H groups in total. The van der Waals surface area contributed by atoms with E-state index in [9.17, 15) is 4.79 Å². The van der Waals surface area contributed by atoms with E-state index < -0.39 is 0 Å². The lowest BCUT2D eigenvalue weighted by atomic mass is 10.1. The number of nitrogens with one attached hydrogen (secondary N) is 1. The molecule has 0 spiro atoms. The van der Waals surface area contributed by atoms with Gasteiger partial charge in [0.1, 0.15) is 11.3 Å². The average Bonchev–Trinajstić information content (AvgIpc) is 2.45. The quantitative estimate of drug-likeness (QED) is 0.772. The van der Waals surface area contributed by atoms with Crippen molar-refractivity contribution in [2.45, 2.75) is 6.10 Å². The Labute approximate surface area is 111 Å². The van der Waals surface area contributed by atoms with E-state index in [1.165, 1.54) is 7.11 Å². The highest BCUT2D eigenvalue weighted by molar-refractivity contribution is 6.01. The fraction of sp³-hybridized carbons (Fsp3) is 0.462. The van der Waals surface area contributed by atoms with Crippen LogP contribution in [0.2, 0.25) is 0 Å². The third-order valence-corrected chi connectivity index (χ3v) is 2.88. The van der Waals surface area contributed by atoms with Crippen LogP contribution in [0.5, 0.6) is 5.75 Å². The molecule has 1 aliphatic heterocycles. The van der Waals surface area contributed by atoms with Crippen LogP contribution in [-0.4, -0.2) is 45.5 Å². The standard InChI is InChI=1S/C13H18N2O4/c1-17-11-4-2-3-10(14)12(11)13(16)15-7-9-8-18-5-6-19-9/h2-4,9H,5-8,14H2,1H3,(H,15,16). The van der Waals surface area contributed by atoms with Gasteiger partial charge in [0.2, 0.25) is 0 Å². The van der Waals surface area contributed by atoms with E-state index in [0.29, 0.717) is 43.4 Å². The highest BCUT2D eigenvalue weighted by atomic mass is 16.6. The number of ether oxygens (including phenoxy) is 3. The minimum atomic E-state index is -0.274. The molecule has 104 valence electrons. The van der Waals surface area contributed by atoms with E-state index in [-0.39, 0.29) is 12.0 Å². The molecule has 0 bridgehead atoms. The highest BCUT2D eigenvalue weighted by Crippen LogP contribution is 2.23. The van der Waals surface area contributed by atoms with Crippen LogP contribution in [0.25, 0.3) is 0 Å². The van der Waals surface area contributed by atoms with E-state index in [0.717, 1.165) is 0 Å². The maximum Gasteiger partial charge on any atom is 0.257 e. The molecule has 1 atom stereocenters. The van der Waals surface area contributed by atoms with Gasteiger partial charge < -0.3 is 25.3 Å². The molecule has 1 saturated heterocycles. The number of anilines is 1. The van der Waals surface area contributed by atoms with E-state index in [1.54, 1.807) is 18.2 Å². The SMILES string of the molecule is COc1cccc(N)c1C(=O)NCC1COCCO1. The minimum absolute atomic E-state index is 0.117. The summed E-state index contributed by atoms with van der Waals surface area (Å²) in [7, 11) is 1.50. The van der Waals surface area contributed by atoms with Crippen LogP contribution in [0.4, 0.5) is 5.69 Å². The number of rotatable bonds is 4. The first-order valence-electron chi connectivity index (χ1n) is 6.12. The zero-order valence-corrected chi connectivity index (χ0v) is 10.8. The molecule has 1 heterocycles. The largest absolute Gasteiger partial charge is 0.496 e. The van der Waals surface area contributed by atoms with Crippen molar-refractivity contribution in [2.75, 3.05) is 39.2 Å². The molecule has 1 amide bonds. The lowest BCUT2D eigenvalue weighted by Gasteiger charge is -2.23. The van der Waals surface area contributed by atoms with Gasteiger partial charge in [-0.3, -0.25) is 4.79 Å². The molecule has 1 fully saturated rings. The van der Waals surface area contributed by atoms with Crippen molar-refractivity contribution in [1.29, 1.82) is 0 Å². The van der Waals surface area contributed by atoms with Gasteiger partial charge in [0.05, 0.1) is 33.0 Å². The molecule has 2 rings (SSSR count). The Morgan fingerprint density at radius 3 is 3.05 bits per heavy atom. The van der Waals surface area contributed by atoms with Gasteiger partial charge in [-0.1, -0.05) is 6.07 Å². The van der Waals surface area contributed by atoms with Gasteiger partial charge in [0.15, 0.2) is 0 Å². The van der Waals surface area contributed by atoms with Crippen LogP contribution in [0.1, 0.15) is 10.4 Å². The lowest BCUT2D eigenvalue weighted by molar-refractivity contribution is -0.0855. The number of hydrogen-bond donors (Lipinski definition) is 2. The lowest BCUT2D eigenvalue weighted by Crippen LogP contribution is -2.39. The summed E-state index contributed by atoms with van der Waals surface area (Å²) in [5, 5.41) is 2.78. The molecule has 1 unspecified atom stereocenters. The zero-order valence-electron chi connectivity index (χ0n) is 10.8. The summed E-state index contributed by atoms with van der Waals surface area (Å²) in [5.74, 6) is 0.183. The second-order valence-corrected chi connectivity index (χ2v) is 4.20. The Hall–Kier alpha value is -1.79. The summed E-state index contributed by atoms with van der Waals surface area (Å²) in [6, 6.07) is 5.10. The number of nitrogen functional groups attached to an aromatic ring is 1. The number of nitrogens with two attached hydrogens (primary N) is 1. The monoisotopic (exact) mass is 266 g/mol. The van der Waals surface area contributed by atoms with Crippen LogP contribution >= 0.6 is 0 Å². The molecule has 0 aliphatic carbocycles. The Bertz CT molecular complexity index is 444. The van der Waals surface area contributed by atoms with Crippen molar-refractivity contribution in [2.24, 2.45) is 0 Å². The number of benzene rings is 1. The topological polar surface area (TPSA) is 82.8 Å². The Kier molecular flexibility index (Phi) is 4.59. The zero-order chi connectivity index (χ0) is 13.7. The van der Waals surface area contributed by atoms with E-state index in [1.807, 2.05) is 0 Å². The van der Waals surface area contributed by atoms with Crippen molar-refractivity contribution in [3.63, 3.8) is 0 Å². The third-order valence-electron chi connectivity index (χ3n) is 2.88.